The number of rotatable bonds is 2. The summed E-state index contributed by atoms with van der Waals surface area (Å²) >= 11 is 5.82. The van der Waals surface area contributed by atoms with Crippen LogP contribution in [0.15, 0.2) is 24.3 Å². The minimum Gasteiger partial charge on any atom is -0.126 e. The molecule has 0 fully saturated rings. The Kier molecular flexibility index (Phi) is 3.60. The second-order valence-corrected chi connectivity index (χ2v) is 5.24. The Morgan fingerprint density at radius 3 is 2.00 bits per heavy atom. The van der Waals surface area contributed by atoms with Crippen molar-refractivity contribution in [1.29, 1.82) is 0 Å². The molecule has 0 bridgehead atoms. The van der Waals surface area contributed by atoms with Gasteiger partial charge in [0.2, 0.25) is 0 Å². The van der Waals surface area contributed by atoms with Crippen LogP contribution in [-0.2, 0) is 5.41 Å². The maximum atomic E-state index is 5.82. The molecule has 0 spiro atoms. The molecule has 1 aromatic carbocycles. The molecule has 78 valence electrons. The van der Waals surface area contributed by atoms with Crippen LogP contribution in [0.1, 0.15) is 44.7 Å². The molecule has 0 amide bonds. The van der Waals surface area contributed by atoms with Gasteiger partial charge in [0, 0.05) is 5.88 Å². The van der Waals surface area contributed by atoms with Crippen LogP contribution in [-0.4, -0.2) is 5.88 Å². The van der Waals surface area contributed by atoms with E-state index >= 15 is 0 Å². The van der Waals surface area contributed by atoms with Crippen LogP contribution in [0, 0.1) is 0 Å². The Balaban J connectivity index is 2.89. The molecule has 0 N–H and O–H groups in total. The van der Waals surface area contributed by atoms with E-state index < -0.39 is 0 Å². The van der Waals surface area contributed by atoms with Gasteiger partial charge in [0.15, 0.2) is 0 Å². The summed E-state index contributed by atoms with van der Waals surface area (Å²) in [6, 6.07) is 8.79. The van der Waals surface area contributed by atoms with Gasteiger partial charge in [0.05, 0.1) is 0 Å². The summed E-state index contributed by atoms with van der Waals surface area (Å²) < 4.78 is 0. The summed E-state index contributed by atoms with van der Waals surface area (Å²) in [7, 11) is 0. The predicted molar refractivity (Wildman–Crippen MR) is 64.3 cm³/mol. The van der Waals surface area contributed by atoms with Crippen molar-refractivity contribution in [2.45, 2.75) is 39.0 Å². The number of hydrogen-bond donors (Lipinski definition) is 0. The lowest BCUT2D eigenvalue weighted by molar-refractivity contribution is 0.589. The largest absolute Gasteiger partial charge is 0.126 e. The van der Waals surface area contributed by atoms with Crippen LogP contribution >= 0.6 is 11.6 Å². The van der Waals surface area contributed by atoms with Crippen LogP contribution in [0.2, 0.25) is 0 Å². The lowest BCUT2D eigenvalue weighted by Gasteiger charge is -2.19. The first-order valence-electron chi connectivity index (χ1n) is 5.11. The molecule has 0 aromatic heterocycles. The zero-order valence-electron chi connectivity index (χ0n) is 9.47. The standard InChI is InChI=1S/C13H19Cl/c1-10(9-14)11-5-7-12(8-6-11)13(2,3)4/h5-8,10H,9H2,1-4H3/t10-/m1/s1. The van der Waals surface area contributed by atoms with Crippen molar-refractivity contribution < 1.29 is 0 Å². The van der Waals surface area contributed by atoms with E-state index in [1.54, 1.807) is 0 Å². The van der Waals surface area contributed by atoms with E-state index in [2.05, 4.69) is 52.0 Å². The van der Waals surface area contributed by atoms with Crippen LogP contribution in [0.3, 0.4) is 0 Å². The van der Waals surface area contributed by atoms with E-state index in [1.807, 2.05) is 0 Å². The minimum absolute atomic E-state index is 0.239. The van der Waals surface area contributed by atoms with Gasteiger partial charge in [-0.15, -0.1) is 11.6 Å². The van der Waals surface area contributed by atoms with Gasteiger partial charge in [-0.2, -0.15) is 0 Å². The lowest BCUT2D eigenvalue weighted by atomic mass is 9.86. The Morgan fingerprint density at radius 2 is 1.64 bits per heavy atom. The maximum absolute atomic E-state index is 5.82. The molecule has 0 aliphatic heterocycles. The molecule has 0 radical (unpaired) electrons. The van der Waals surface area contributed by atoms with E-state index in [0.717, 1.165) is 0 Å². The van der Waals surface area contributed by atoms with E-state index in [9.17, 15) is 0 Å². The molecule has 1 heteroatoms. The molecule has 1 atom stereocenters. The predicted octanol–water partition coefficient (Wildman–Crippen LogP) is 4.33. The number of halogens is 1. The van der Waals surface area contributed by atoms with E-state index in [4.69, 9.17) is 11.6 Å². The maximum Gasteiger partial charge on any atom is 0.0289 e. The smallest absolute Gasteiger partial charge is 0.0289 e. The Morgan fingerprint density at radius 1 is 1.14 bits per heavy atom. The van der Waals surface area contributed by atoms with Crippen LogP contribution in [0.25, 0.3) is 0 Å². The summed E-state index contributed by atoms with van der Waals surface area (Å²) in [6.45, 7) is 8.84. The van der Waals surface area contributed by atoms with Crippen molar-refractivity contribution in [1.82, 2.24) is 0 Å². The topological polar surface area (TPSA) is 0 Å². The second-order valence-electron chi connectivity index (χ2n) is 4.93. The first-order valence-corrected chi connectivity index (χ1v) is 5.65. The first kappa shape index (κ1) is 11.6. The fourth-order valence-corrected chi connectivity index (χ4v) is 1.58. The molecular weight excluding hydrogens is 192 g/mol. The van der Waals surface area contributed by atoms with E-state index in [0.29, 0.717) is 11.8 Å². The molecule has 14 heavy (non-hydrogen) atoms. The fourth-order valence-electron chi connectivity index (χ4n) is 1.40. The minimum atomic E-state index is 0.239. The summed E-state index contributed by atoms with van der Waals surface area (Å²) in [5, 5.41) is 0. The average Bonchev–Trinajstić information content (AvgIpc) is 2.15. The molecule has 0 saturated carbocycles. The molecule has 1 aromatic rings. The summed E-state index contributed by atoms with van der Waals surface area (Å²) in [4.78, 5) is 0. The third kappa shape index (κ3) is 2.75. The van der Waals surface area contributed by atoms with Crippen molar-refractivity contribution in [3.63, 3.8) is 0 Å². The molecule has 0 heterocycles. The SMILES string of the molecule is C[C@H](CCl)c1ccc(C(C)(C)C)cc1. The highest BCUT2D eigenvalue weighted by Crippen LogP contribution is 2.24. The lowest BCUT2D eigenvalue weighted by Crippen LogP contribution is -2.10. The van der Waals surface area contributed by atoms with Gasteiger partial charge in [-0.25, -0.2) is 0 Å². The van der Waals surface area contributed by atoms with Crippen molar-refractivity contribution in [2.24, 2.45) is 0 Å². The number of alkyl halides is 1. The molecule has 0 nitrogen and oxygen atoms in total. The second kappa shape index (κ2) is 4.35. The Bertz CT molecular complexity index is 279. The monoisotopic (exact) mass is 210 g/mol. The molecule has 0 unspecified atom stereocenters. The molecule has 0 saturated heterocycles. The zero-order chi connectivity index (χ0) is 10.8. The third-order valence-corrected chi connectivity index (χ3v) is 3.04. The van der Waals surface area contributed by atoms with Crippen LogP contribution in [0.4, 0.5) is 0 Å². The van der Waals surface area contributed by atoms with Crippen LogP contribution in [0.5, 0.6) is 0 Å². The summed E-state index contributed by atoms with van der Waals surface area (Å²) in [5.74, 6) is 1.14. The van der Waals surface area contributed by atoms with Crippen LogP contribution < -0.4 is 0 Å². The van der Waals surface area contributed by atoms with Gasteiger partial charge in [0.1, 0.15) is 0 Å². The highest BCUT2D eigenvalue weighted by molar-refractivity contribution is 6.18. The molecular formula is C13H19Cl. The first-order chi connectivity index (χ1) is 6.45. The molecule has 0 aliphatic rings. The number of benzene rings is 1. The highest BCUT2D eigenvalue weighted by Gasteiger charge is 2.13. The fraction of sp³-hybridized carbons (Fsp3) is 0.538. The third-order valence-electron chi connectivity index (χ3n) is 2.58. The molecule has 1 rings (SSSR count). The van der Waals surface area contributed by atoms with Gasteiger partial charge in [-0.1, -0.05) is 52.0 Å². The Labute approximate surface area is 92.3 Å². The van der Waals surface area contributed by atoms with E-state index in [1.165, 1.54) is 11.1 Å². The van der Waals surface area contributed by atoms with Crippen molar-refractivity contribution in [3.05, 3.63) is 35.4 Å². The van der Waals surface area contributed by atoms with Gasteiger partial charge < -0.3 is 0 Å². The summed E-state index contributed by atoms with van der Waals surface area (Å²) in [5.41, 5.74) is 2.94. The quantitative estimate of drug-likeness (QED) is 0.638. The van der Waals surface area contributed by atoms with Gasteiger partial charge in [0.25, 0.3) is 0 Å². The van der Waals surface area contributed by atoms with Gasteiger partial charge in [-0.3, -0.25) is 0 Å². The average molecular weight is 211 g/mol. The highest BCUT2D eigenvalue weighted by atomic mass is 35.5. The van der Waals surface area contributed by atoms with Gasteiger partial charge in [-0.05, 0) is 22.5 Å². The van der Waals surface area contributed by atoms with Gasteiger partial charge >= 0.3 is 0 Å². The van der Waals surface area contributed by atoms with Crippen molar-refractivity contribution in [2.75, 3.05) is 5.88 Å². The van der Waals surface area contributed by atoms with Crippen molar-refractivity contribution in [3.8, 4) is 0 Å². The normalized spacial score (nSPS) is 14.1. The van der Waals surface area contributed by atoms with Crippen molar-refractivity contribution >= 4 is 11.6 Å². The Hall–Kier alpha value is -0.490. The van der Waals surface area contributed by atoms with E-state index in [-0.39, 0.29) is 5.41 Å². The summed E-state index contributed by atoms with van der Waals surface area (Å²) in [6.07, 6.45) is 0. The molecule has 0 aliphatic carbocycles. The zero-order valence-corrected chi connectivity index (χ0v) is 10.2. The number of hydrogen-bond acceptors (Lipinski definition) is 0.